The minimum atomic E-state index is -1.24. The number of carbonyl (C=O) groups excluding carboxylic acids is 2. The van der Waals surface area contributed by atoms with E-state index in [0.29, 0.717) is 5.69 Å². The zero-order valence-electron chi connectivity index (χ0n) is 18.6. The van der Waals surface area contributed by atoms with Crippen molar-refractivity contribution < 1.29 is 59.6 Å². The van der Waals surface area contributed by atoms with Crippen molar-refractivity contribution in [2.24, 2.45) is 0 Å². The van der Waals surface area contributed by atoms with Crippen LogP contribution in [0.2, 0.25) is 5.02 Å². The molecule has 0 fully saturated rings. The summed E-state index contributed by atoms with van der Waals surface area (Å²) in [5, 5.41) is 14.4. The van der Waals surface area contributed by atoms with Gasteiger partial charge in [0.25, 0.3) is 0 Å². The first-order valence-electron chi connectivity index (χ1n) is 9.38. The third-order valence-electron chi connectivity index (χ3n) is 4.30. The molecule has 0 saturated carbocycles. The van der Waals surface area contributed by atoms with Crippen LogP contribution in [0.3, 0.4) is 0 Å². The van der Waals surface area contributed by atoms with Gasteiger partial charge in [-0.3, -0.25) is 9.59 Å². The fourth-order valence-electron chi connectivity index (χ4n) is 2.81. The second-order valence-electron chi connectivity index (χ2n) is 6.67. The summed E-state index contributed by atoms with van der Waals surface area (Å²) < 4.78 is 18.1. The summed E-state index contributed by atoms with van der Waals surface area (Å²) in [4.78, 5) is 35.3. The molecular weight excluding hydrogens is 462 g/mol. The largest absolute Gasteiger partial charge is 1.00 e. The van der Waals surface area contributed by atoms with E-state index in [-0.39, 0.29) is 59.7 Å². The predicted molar refractivity (Wildman–Crippen MR) is 119 cm³/mol. The second-order valence-corrected chi connectivity index (χ2v) is 7.10. The first-order chi connectivity index (χ1) is 15.3. The van der Waals surface area contributed by atoms with Gasteiger partial charge in [0.05, 0.1) is 11.3 Å². The van der Waals surface area contributed by atoms with Crippen molar-refractivity contribution in [2.75, 3.05) is 23.8 Å². The van der Waals surface area contributed by atoms with Crippen LogP contribution < -0.4 is 40.2 Å². The number of rotatable bonds is 8. The molecule has 3 aromatic carbocycles. The van der Waals surface area contributed by atoms with Crippen LogP contribution >= 0.6 is 11.6 Å². The van der Waals surface area contributed by atoms with Gasteiger partial charge in [0, 0.05) is 10.7 Å². The van der Waals surface area contributed by atoms with Crippen LogP contribution in [0.4, 0.5) is 15.8 Å². The van der Waals surface area contributed by atoms with Crippen molar-refractivity contribution in [1.29, 1.82) is 0 Å². The molecule has 0 aromatic heterocycles. The van der Waals surface area contributed by atoms with Crippen LogP contribution in [0.15, 0.2) is 66.7 Å². The van der Waals surface area contributed by atoms with Gasteiger partial charge in [0.1, 0.15) is 19.0 Å². The van der Waals surface area contributed by atoms with Crippen LogP contribution in [-0.4, -0.2) is 36.1 Å². The number of amides is 2. The molecule has 3 rings (SSSR count). The Bertz CT molecular complexity index is 1150. The van der Waals surface area contributed by atoms with Crippen molar-refractivity contribution in [1.82, 2.24) is 0 Å². The quantitative estimate of drug-likeness (QED) is 0.424. The Morgan fingerprint density at radius 3 is 2.00 bits per heavy atom. The van der Waals surface area contributed by atoms with Crippen LogP contribution in [-0.2, 0) is 14.3 Å². The van der Waals surface area contributed by atoms with E-state index in [2.05, 4.69) is 10.6 Å². The second kappa shape index (κ2) is 12.5. The van der Waals surface area contributed by atoms with Crippen LogP contribution in [0.25, 0.3) is 11.1 Å². The van der Waals surface area contributed by atoms with E-state index in [1.807, 2.05) is 0 Å². The summed E-state index contributed by atoms with van der Waals surface area (Å²) in [7, 11) is 0. The Kier molecular flexibility index (Phi) is 10.0. The summed E-state index contributed by atoms with van der Waals surface area (Å²) in [6.07, 6.45) is 0. The zero-order chi connectivity index (χ0) is 23.1. The molecule has 0 aliphatic heterocycles. The van der Waals surface area contributed by atoms with Gasteiger partial charge in [0.15, 0.2) is 0 Å². The SMILES string of the molecule is O=C(COCC(=O)Nc1ccc(Cl)cc1C(=O)O)Nc1ccc(-c2ccc(F)cc2)cc1.[H-].[Na+]. The average Bonchev–Trinajstić information content (AvgIpc) is 2.76. The van der Waals surface area contributed by atoms with E-state index in [0.717, 1.165) is 11.1 Å². The molecule has 0 heterocycles. The number of nitrogens with one attached hydrogen (secondary N) is 2. The molecule has 2 amide bonds. The summed E-state index contributed by atoms with van der Waals surface area (Å²) >= 11 is 5.77. The van der Waals surface area contributed by atoms with E-state index in [1.54, 1.807) is 36.4 Å². The van der Waals surface area contributed by atoms with Crippen molar-refractivity contribution in [2.45, 2.75) is 0 Å². The van der Waals surface area contributed by atoms with E-state index < -0.39 is 24.4 Å². The summed E-state index contributed by atoms with van der Waals surface area (Å²) in [5.74, 6) is -2.65. The molecule has 0 unspecified atom stereocenters. The van der Waals surface area contributed by atoms with Crippen molar-refractivity contribution in [3.05, 3.63) is 83.1 Å². The summed E-state index contributed by atoms with van der Waals surface area (Å²) in [5.41, 5.74) is 2.14. The van der Waals surface area contributed by atoms with Crippen LogP contribution in [0.5, 0.6) is 0 Å². The van der Waals surface area contributed by atoms with Gasteiger partial charge in [0.2, 0.25) is 11.8 Å². The van der Waals surface area contributed by atoms with Gasteiger partial charge < -0.3 is 21.9 Å². The van der Waals surface area contributed by atoms with Gasteiger partial charge in [-0.2, -0.15) is 0 Å². The molecule has 0 saturated heterocycles. The Morgan fingerprint density at radius 2 is 1.42 bits per heavy atom. The number of benzene rings is 3. The number of carboxylic acid groups (broad SMARTS) is 1. The third kappa shape index (κ3) is 7.96. The fourth-order valence-corrected chi connectivity index (χ4v) is 2.98. The first kappa shape index (κ1) is 26.5. The number of carboxylic acids is 1. The predicted octanol–water partition coefficient (Wildman–Crippen LogP) is 1.55. The number of halogens is 2. The van der Waals surface area contributed by atoms with E-state index in [4.69, 9.17) is 16.3 Å². The molecule has 0 bridgehead atoms. The average molecular weight is 481 g/mol. The van der Waals surface area contributed by atoms with E-state index in [9.17, 15) is 23.9 Å². The Labute approximate surface area is 217 Å². The fraction of sp³-hybridized carbons (Fsp3) is 0.0870. The molecule has 33 heavy (non-hydrogen) atoms. The van der Waals surface area contributed by atoms with Gasteiger partial charge >= 0.3 is 35.5 Å². The van der Waals surface area contributed by atoms with Gasteiger partial charge in [-0.15, -0.1) is 0 Å². The molecule has 0 radical (unpaired) electrons. The maximum absolute atomic E-state index is 13.0. The summed E-state index contributed by atoms with van der Waals surface area (Å²) in [6, 6.07) is 17.0. The molecule has 166 valence electrons. The van der Waals surface area contributed by atoms with Crippen molar-refractivity contribution in [3.63, 3.8) is 0 Å². The molecule has 7 nitrogen and oxygen atoms in total. The van der Waals surface area contributed by atoms with E-state index in [1.165, 1.54) is 30.3 Å². The molecule has 0 atom stereocenters. The molecule has 3 aromatic rings. The van der Waals surface area contributed by atoms with Gasteiger partial charge in [-0.25, -0.2) is 9.18 Å². The number of hydrogen-bond acceptors (Lipinski definition) is 4. The Hall–Kier alpha value is -2.75. The monoisotopic (exact) mass is 480 g/mol. The van der Waals surface area contributed by atoms with E-state index >= 15 is 0 Å². The number of ether oxygens (including phenoxy) is 1. The van der Waals surface area contributed by atoms with Gasteiger partial charge in [-0.05, 0) is 53.6 Å². The minimum Gasteiger partial charge on any atom is -1.00 e. The molecule has 0 spiro atoms. The molecule has 3 N–H and O–H groups in total. The molecule has 10 heteroatoms. The van der Waals surface area contributed by atoms with Gasteiger partial charge in [-0.1, -0.05) is 35.9 Å². The van der Waals surface area contributed by atoms with Crippen molar-refractivity contribution in [3.8, 4) is 11.1 Å². The van der Waals surface area contributed by atoms with Crippen LogP contribution in [0.1, 0.15) is 11.8 Å². The topological polar surface area (TPSA) is 105 Å². The Balaban J connectivity index is 0.00000289. The minimum absolute atomic E-state index is 0. The smallest absolute Gasteiger partial charge is 1.00 e. The first-order valence-corrected chi connectivity index (χ1v) is 9.76. The number of anilines is 2. The number of aromatic carboxylic acids is 1. The number of carbonyl (C=O) groups is 3. The summed E-state index contributed by atoms with van der Waals surface area (Å²) in [6.45, 7) is -0.821. The number of hydrogen-bond donors (Lipinski definition) is 3. The zero-order valence-corrected chi connectivity index (χ0v) is 20.4. The van der Waals surface area contributed by atoms with Crippen molar-refractivity contribution >= 4 is 40.8 Å². The normalized spacial score (nSPS) is 10.1. The van der Waals surface area contributed by atoms with Crippen LogP contribution in [0, 0.1) is 5.82 Å². The molecule has 0 aliphatic carbocycles. The third-order valence-corrected chi connectivity index (χ3v) is 4.53. The maximum atomic E-state index is 13.0. The molecule has 0 aliphatic rings. The standard InChI is InChI=1S/C23H18ClFN2O5.Na.H/c24-16-5-10-20(19(11-16)23(30)31)27-22(29)13-32-12-21(28)26-18-8-3-15(4-9-18)14-1-6-17(25)7-2-14;;/h1-11H,12-13H2,(H,26,28)(H,27,29)(H,30,31);;/q;+1;-1. The maximum Gasteiger partial charge on any atom is 1.00 e. The Morgan fingerprint density at radius 1 is 0.879 bits per heavy atom. The molecular formula is C23H19ClFN2NaO5.